The molecule has 0 fully saturated rings. The molecule has 0 amide bonds. The zero-order chi connectivity index (χ0) is 18.0. The molecule has 0 aliphatic carbocycles. The molecule has 0 saturated heterocycles. The lowest BCUT2D eigenvalue weighted by atomic mass is 10.2. The Balaban J connectivity index is 3.34. The van der Waals surface area contributed by atoms with Gasteiger partial charge in [0.15, 0.2) is 0 Å². The first-order valence-electron chi connectivity index (χ1n) is 5.94. The monoisotopic (exact) mass is 487 g/mol. The van der Waals surface area contributed by atoms with Crippen LogP contribution in [0, 0.1) is 0 Å². The van der Waals surface area contributed by atoms with Crippen LogP contribution in [-0.2, 0) is 10.8 Å². The Morgan fingerprint density at radius 2 is 1.70 bits per heavy atom. The molecule has 0 N–H and O–H groups in total. The van der Waals surface area contributed by atoms with E-state index in [0.29, 0.717) is 0 Å². The summed E-state index contributed by atoms with van der Waals surface area (Å²) in [4.78, 5) is 3.16. The standard InChI is InChI=1S/C12H9Br2F6NOS/c1-2-10(12(18,19)20)21-8-4-9(7(14)3-6(8)13)23(22)5-11(15,16)17/h3-4H,2,5H2,1H3. The van der Waals surface area contributed by atoms with Gasteiger partial charge >= 0.3 is 12.4 Å². The topological polar surface area (TPSA) is 29.4 Å². The molecule has 0 spiro atoms. The first kappa shape index (κ1) is 20.6. The lowest BCUT2D eigenvalue weighted by Gasteiger charge is -2.12. The van der Waals surface area contributed by atoms with Crippen LogP contribution in [0.15, 0.2) is 31.0 Å². The molecule has 0 radical (unpaired) electrons. The van der Waals surface area contributed by atoms with Crippen molar-refractivity contribution in [2.45, 2.75) is 30.6 Å². The van der Waals surface area contributed by atoms with E-state index < -0.39 is 41.0 Å². The molecular formula is C12H9Br2F6NOS. The molecule has 0 aliphatic heterocycles. The maximum Gasteiger partial charge on any atom is 0.429 e. The Labute approximate surface area is 147 Å². The molecule has 1 rings (SSSR count). The fourth-order valence-electron chi connectivity index (χ4n) is 1.49. The van der Waals surface area contributed by atoms with Crippen molar-refractivity contribution >= 4 is 54.1 Å². The van der Waals surface area contributed by atoms with Crippen molar-refractivity contribution in [2.24, 2.45) is 4.99 Å². The van der Waals surface area contributed by atoms with Crippen molar-refractivity contribution in [1.82, 2.24) is 0 Å². The van der Waals surface area contributed by atoms with Crippen molar-refractivity contribution in [1.29, 1.82) is 0 Å². The summed E-state index contributed by atoms with van der Waals surface area (Å²) < 4.78 is 87.2. The number of benzene rings is 1. The van der Waals surface area contributed by atoms with E-state index in [4.69, 9.17) is 0 Å². The third-order valence-corrected chi connectivity index (χ3v) is 5.43. The summed E-state index contributed by atoms with van der Waals surface area (Å²) in [6.07, 6.45) is -9.74. The number of rotatable bonds is 4. The quantitative estimate of drug-likeness (QED) is 0.381. The zero-order valence-corrected chi connectivity index (χ0v) is 15.3. The molecule has 1 aromatic rings. The Hall–Kier alpha value is -0.420. The fourth-order valence-corrected chi connectivity index (χ4v) is 4.09. The average molecular weight is 489 g/mol. The second-order valence-corrected chi connectivity index (χ2v) is 7.38. The summed E-state index contributed by atoms with van der Waals surface area (Å²) in [5.41, 5.74) is -1.33. The average Bonchev–Trinajstić information content (AvgIpc) is 2.33. The third-order valence-electron chi connectivity index (χ3n) is 2.46. The highest BCUT2D eigenvalue weighted by Gasteiger charge is 2.35. The van der Waals surface area contributed by atoms with E-state index in [-0.39, 0.29) is 19.5 Å². The minimum Gasteiger partial charge on any atom is -0.254 e. The van der Waals surface area contributed by atoms with Crippen molar-refractivity contribution < 1.29 is 30.6 Å². The minimum absolute atomic E-state index is 0.0796. The van der Waals surface area contributed by atoms with E-state index in [1.807, 2.05) is 0 Å². The summed E-state index contributed by atoms with van der Waals surface area (Å²) in [5.74, 6) is -1.60. The summed E-state index contributed by atoms with van der Waals surface area (Å²) in [5, 5.41) is 0. The predicted molar refractivity (Wildman–Crippen MR) is 82.6 cm³/mol. The van der Waals surface area contributed by atoms with Gasteiger partial charge in [0.25, 0.3) is 0 Å². The molecule has 11 heteroatoms. The predicted octanol–water partition coefficient (Wildman–Crippen LogP) is 5.93. The van der Waals surface area contributed by atoms with E-state index in [2.05, 4.69) is 36.9 Å². The van der Waals surface area contributed by atoms with Gasteiger partial charge in [-0.2, -0.15) is 26.3 Å². The molecule has 1 atom stereocenters. The van der Waals surface area contributed by atoms with Crippen LogP contribution in [0.4, 0.5) is 32.0 Å². The van der Waals surface area contributed by atoms with Crippen LogP contribution in [0.2, 0.25) is 0 Å². The van der Waals surface area contributed by atoms with Gasteiger partial charge in [-0.1, -0.05) is 6.92 Å². The molecule has 1 unspecified atom stereocenters. The number of alkyl halides is 6. The Morgan fingerprint density at radius 1 is 1.13 bits per heavy atom. The summed E-state index contributed by atoms with van der Waals surface area (Å²) in [6, 6.07) is 2.16. The number of hydrogen-bond donors (Lipinski definition) is 0. The van der Waals surface area contributed by atoms with E-state index >= 15 is 0 Å². The smallest absolute Gasteiger partial charge is 0.254 e. The second kappa shape index (κ2) is 7.64. The van der Waals surface area contributed by atoms with Gasteiger partial charge in [0, 0.05) is 8.95 Å². The van der Waals surface area contributed by atoms with Crippen LogP contribution in [0.5, 0.6) is 0 Å². The van der Waals surface area contributed by atoms with Gasteiger partial charge in [0.2, 0.25) is 0 Å². The lowest BCUT2D eigenvalue weighted by Crippen LogP contribution is -2.21. The van der Waals surface area contributed by atoms with Crippen LogP contribution in [-0.4, -0.2) is 28.0 Å². The third kappa shape index (κ3) is 6.18. The zero-order valence-electron chi connectivity index (χ0n) is 11.4. The van der Waals surface area contributed by atoms with Crippen molar-refractivity contribution in [2.75, 3.05) is 5.75 Å². The van der Waals surface area contributed by atoms with Gasteiger partial charge in [-0.05, 0) is 50.4 Å². The Morgan fingerprint density at radius 3 is 2.13 bits per heavy atom. The number of hydrogen-bond acceptors (Lipinski definition) is 2. The van der Waals surface area contributed by atoms with Crippen LogP contribution in [0.1, 0.15) is 13.3 Å². The molecule has 1 aromatic carbocycles. The van der Waals surface area contributed by atoms with Gasteiger partial charge < -0.3 is 0 Å². The molecule has 23 heavy (non-hydrogen) atoms. The van der Waals surface area contributed by atoms with E-state index in [1.54, 1.807) is 0 Å². The maximum atomic E-state index is 12.7. The van der Waals surface area contributed by atoms with E-state index in [9.17, 15) is 30.6 Å². The summed E-state index contributed by atoms with van der Waals surface area (Å²) in [7, 11) is -2.46. The van der Waals surface area contributed by atoms with Crippen LogP contribution < -0.4 is 0 Å². The SMILES string of the molecule is CCC(=Nc1cc(S(=O)CC(F)(F)F)c(Br)cc1Br)C(F)(F)F. The van der Waals surface area contributed by atoms with Crippen LogP contribution in [0.25, 0.3) is 0 Å². The lowest BCUT2D eigenvalue weighted by molar-refractivity contribution is -0.105. The highest BCUT2D eigenvalue weighted by atomic mass is 79.9. The van der Waals surface area contributed by atoms with Gasteiger partial charge in [-0.25, -0.2) is 4.99 Å². The van der Waals surface area contributed by atoms with Crippen LogP contribution in [0.3, 0.4) is 0 Å². The second-order valence-electron chi connectivity index (χ2n) is 4.25. The van der Waals surface area contributed by atoms with Gasteiger partial charge in [0.05, 0.1) is 21.4 Å². The van der Waals surface area contributed by atoms with Crippen molar-refractivity contribution in [3.8, 4) is 0 Å². The van der Waals surface area contributed by atoms with Crippen molar-refractivity contribution in [3.05, 3.63) is 21.1 Å². The largest absolute Gasteiger partial charge is 0.429 e. The molecule has 2 nitrogen and oxygen atoms in total. The first-order valence-corrected chi connectivity index (χ1v) is 8.84. The molecule has 0 bridgehead atoms. The molecule has 0 aliphatic rings. The highest BCUT2D eigenvalue weighted by Crippen LogP contribution is 2.36. The van der Waals surface area contributed by atoms with Gasteiger partial charge in [-0.3, -0.25) is 4.21 Å². The normalized spacial score (nSPS) is 14.9. The van der Waals surface area contributed by atoms with Crippen molar-refractivity contribution in [3.63, 3.8) is 0 Å². The summed E-state index contributed by atoms with van der Waals surface area (Å²) >= 11 is 5.94. The minimum atomic E-state index is -4.67. The number of halogens is 8. The summed E-state index contributed by atoms with van der Waals surface area (Å²) in [6.45, 7) is 1.25. The first-order chi connectivity index (χ1) is 10.3. The molecule has 0 saturated carbocycles. The van der Waals surface area contributed by atoms with E-state index in [0.717, 1.165) is 6.07 Å². The van der Waals surface area contributed by atoms with Crippen LogP contribution >= 0.6 is 31.9 Å². The Bertz CT molecular complexity index is 642. The van der Waals surface area contributed by atoms with Gasteiger partial charge in [0.1, 0.15) is 11.5 Å². The highest BCUT2D eigenvalue weighted by molar-refractivity contribution is 9.11. The van der Waals surface area contributed by atoms with E-state index in [1.165, 1.54) is 13.0 Å². The molecule has 0 aromatic heterocycles. The molecule has 130 valence electrons. The fraction of sp³-hybridized carbons (Fsp3) is 0.417. The number of aliphatic imine (C=N–C) groups is 1. The maximum absolute atomic E-state index is 12.7. The van der Waals surface area contributed by atoms with Gasteiger partial charge in [-0.15, -0.1) is 0 Å². The molecule has 0 heterocycles. The number of nitrogens with zero attached hydrogens (tertiary/aromatic N) is 1. The Kier molecular flexibility index (Phi) is 6.85. The molecular weight excluding hydrogens is 480 g/mol.